The van der Waals surface area contributed by atoms with Crippen molar-refractivity contribution >= 4 is 38.4 Å². The minimum atomic E-state index is 0.728. The normalized spacial score (nSPS) is 9.60. The second kappa shape index (κ2) is 6.09. The van der Waals surface area contributed by atoms with Crippen LogP contribution in [0.5, 0.6) is 0 Å². The highest BCUT2D eigenvalue weighted by molar-refractivity contribution is 9.08. The van der Waals surface area contributed by atoms with Crippen LogP contribution in [0.25, 0.3) is 10.9 Å². The maximum atomic E-state index is 5.86. The van der Waals surface area contributed by atoms with Crippen molar-refractivity contribution in [3.63, 3.8) is 0 Å². The number of nitrogens with zero attached hydrogens (tertiary/aromatic N) is 1. The maximum Gasteiger partial charge on any atom is 0.0720 e. The van der Waals surface area contributed by atoms with Gasteiger partial charge in [-0.15, -0.1) is 0 Å². The number of halogens is 2. The summed E-state index contributed by atoms with van der Waals surface area (Å²) < 4.78 is 0. The molecule has 1 aromatic carbocycles. The fourth-order valence-corrected chi connectivity index (χ4v) is 1.69. The second-order valence-electron chi connectivity index (χ2n) is 2.77. The van der Waals surface area contributed by atoms with E-state index >= 15 is 0 Å². The Morgan fingerprint density at radius 1 is 1.20 bits per heavy atom. The van der Waals surface area contributed by atoms with Gasteiger partial charge in [-0.1, -0.05) is 53.5 Å². The van der Waals surface area contributed by atoms with E-state index in [0.29, 0.717) is 0 Å². The fourth-order valence-electron chi connectivity index (χ4n) is 1.21. The van der Waals surface area contributed by atoms with Crippen LogP contribution in [0.4, 0.5) is 0 Å². The summed E-state index contributed by atoms with van der Waals surface area (Å²) in [5.41, 5.74) is 1.97. The number of pyridine rings is 1. The molecule has 0 spiro atoms. The Labute approximate surface area is 104 Å². The predicted octanol–water partition coefficient (Wildman–Crippen LogP) is 4.81. The van der Waals surface area contributed by atoms with Crippen molar-refractivity contribution in [2.75, 3.05) is 0 Å². The molecule has 0 aliphatic rings. The molecule has 1 aromatic heterocycles. The molecule has 0 saturated heterocycles. The van der Waals surface area contributed by atoms with E-state index in [1.54, 1.807) is 0 Å². The zero-order chi connectivity index (χ0) is 11.3. The van der Waals surface area contributed by atoms with Crippen LogP contribution in [-0.2, 0) is 5.33 Å². The van der Waals surface area contributed by atoms with E-state index in [9.17, 15) is 0 Å². The van der Waals surface area contributed by atoms with E-state index in [4.69, 9.17) is 11.6 Å². The quantitative estimate of drug-likeness (QED) is 0.686. The second-order valence-corrected chi connectivity index (χ2v) is 3.77. The van der Waals surface area contributed by atoms with E-state index in [1.165, 1.54) is 0 Å². The Balaban J connectivity index is 0.000000531. The van der Waals surface area contributed by atoms with Gasteiger partial charge in [-0.2, -0.15) is 0 Å². The molecule has 0 aliphatic heterocycles. The molecule has 0 unspecified atom stereocenters. The van der Waals surface area contributed by atoms with Crippen molar-refractivity contribution in [2.24, 2.45) is 0 Å². The molecule has 2 rings (SSSR count). The van der Waals surface area contributed by atoms with Gasteiger partial charge in [0.25, 0.3) is 0 Å². The van der Waals surface area contributed by atoms with E-state index in [1.807, 2.05) is 38.1 Å². The number of hydrogen-bond donors (Lipinski definition) is 0. The Bertz CT molecular complexity index is 443. The minimum absolute atomic E-state index is 0.728. The van der Waals surface area contributed by atoms with Crippen molar-refractivity contribution in [3.8, 4) is 0 Å². The largest absolute Gasteiger partial charge is 0.252 e. The van der Waals surface area contributed by atoms with Crippen LogP contribution in [0.3, 0.4) is 0 Å². The summed E-state index contributed by atoms with van der Waals surface area (Å²) in [6.45, 7) is 4.00. The molecule has 0 amide bonds. The predicted molar refractivity (Wildman–Crippen MR) is 70.7 cm³/mol. The first-order valence-electron chi connectivity index (χ1n) is 4.91. The van der Waals surface area contributed by atoms with E-state index in [2.05, 4.69) is 27.0 Å². The number of hydrogen-bond acceptors (Lipinski definition) is 1. The lowest BCUT2D eigenvalue weighted by Crippen LogP contribution is -1.85. The average Bonchev–Trinajstić information content (AvgIpc) is 2.30. The lowest BCUT2D eigenvalue weighted by molar-refractivity contribution is 1.24. The summed E-state index contributed by atoms with van der Waals surface area (Å²) in [6.07, 6.45) is 0. The molecule has 3 heteroatoms. The monoisotopic (exact) mass is 285 g/mol. The molecule has 80 valence electrons. The Morgan fingerprint density at radius 2 is 1.87 bits per heavy atom. The van der Waals surface area contributed by atoms with Crippen LogP contribution < -0.4 is 0 Å². The van der Waals surface area contributed by atoms with Gasteiger partial charge >= 0.3 is 0 Å². The lowest BCUT2D eigenvalue weighted by Gasteiger charge is -1.99. The highest BCUT2D eigenvalue weighted by Gasteiger charge is 1.97. The highest BCUT2D eigenvalue weighted by atomic mass is 79.9. The molecule has 0 saturated carbocycles. The highest BCUT2D eigenvalue weighted by Crippen LogP contribution is 2.18. The van der Waals surface area contributed by atoms with Crippen molar-refractivity contribution in [2.45, 2.75) is 19.2 Å². The standard InChI is InChI=1S/C10H7BrClN.C2H6/c11-6-9-4-2-7-1-3-8(12)5-10(7)13-9;1-2/h1-5H,6H2;1-2H3. The minimum Gasteiger partial charge on any atom is -0.252 e. The molecule has 15 heavy (non-hydrogen) atoms. The molecule has 0 atom stereocenters. The van der Waals surface area contributed by atoms with Gasteiger partial charge in [0.05, 0.1) is 11.2 Å². The molecule has 0 radical (unpaired) electrons. The Morgan fingerprint density at radius 3 is 2.53 bits per heavy atom. The van der Waals surface area contributed by atoms with Crippen molar-refractivity contribution in [3.05, 3.63) is 41.0 Å². The summed E-state index contributed by atoms with van der Waals surface area (Å²) in [4.78, 5) is 4.42. The van der Waals surface area contributed by atoms with Crippen LogP contribution in [0.1, 0.15) is 19.5 Å². The van der Waals surface area contributed by atoms with E-state index < -0.39 is 0 Å². The first-order chi connectivity index (χ1) is 7.29. The summed E-state index contributed by atoms with van der Waals surface area (Å²) in [6, 6.07) is 9.78. The van der Waals surface area contributed by atoms with Gasteiger partial charge in [-0.05, 0) is 18.2 Å². The molecule has 1 heterocycles. The number of fused-ring (bicyclic) bond motifs is 1. The molecular weight excluding hydrogens is 273 g/mol. The SMILES string of the molecule is CC.Clc1ccc2ccc(CBr)nc2c1. The van der Waals surface area contributed by atoms with Crippen LogP contribution in [0.2, 0.25) is 5.02 Å². The molecule has 1 nitrogen and oxygen atoms in total. The van der Waals surface area contributed by atoms with Gasteiger partial charge in [0.15, 0.2) is 0 Å². The Hall–Kier alpha value is -0.600. The molecular formula is C12H13BrClN. The third-order valence-electron chi connectivity index (χ3n) is 1.85. The molecule has 0 fully saturated rings. The van der Waals surface area contributed by atoms with Crippen molar-refractivity contribution < 1.29 is 0 Å². The number of alkyl halides is 1. The summed E-state index contributed by atoms with van der Waals surface area (Å²) in [5.74, 6) is 0. The topological polar surface area (TPSA) is 12.9 Å². The van der Waals surface area contributed by atoms with Crippen molar-refractivity contribution in [1.29, 1.82) is 0 Å². The van der Waals surface area contributed by atoms with Crippen LogP contribution in [0, 0.1) is 0 Å². The molecule has 0 aliphatic carbocycles. The average molecular weight is 287 g/mol. The maximum absolute atomic E-state index is 5.86. The number of benzene rings is 1. The fraction of sp³-hybridized carbons (Fsp3) is 0.250. The summed E-state index contributed by atoms with van der Waals surface area (Å²) in [7, 11) is 0. The third-order valence-corrected chi connectivity index (χ3v) is 2.66. The number of aromatic nitrogens is 1. The van der Waals surface area contributed by atoms with Gasteiger partial charge in [0.2, 0.25) is 0 Å². The van der Waals surface area contributed by atoms with Crippen LogP contribution in [0.15, 0.2) is 30.3 Å². The molecule has 0 N–H and O–H groups in total. The van der Waals surface area contributed by atoms with Gasteiger partial charge in [-0.3, -0.25) is 4.98 Å². The molecule has 2 aromatic rings. The smallest absolute Gasteiger partial charge is 0.0720 e. The number of rotatable bonds is 1. The zero-order valence-electron chi connectivity index (χ0n) is 8.80. The van der Waals surface area contributed by atoms with Crippen LogP contribution >= 0.6 is 27.5 Å². The van der Waals surface area contributed by atoms with Gasteiger partial charge < -0.3 is 0 Å². The van der Waals surface area contributed by atoms with E-state index in [-0.39, 0.29) is 0 Å². The van der Waals surface area contributed by atoms with Crippen LogP contribution in [-0.4, -0.2) is 4.98 Å². The zero-order valence-corrected chi connectivity index (χ0v) is 11.1. The van der Waals surface area contributed by atoms with Gasteiger partial charge in [0.1, 0.15) is 0 Å². The van der Waals surface area contributed by atoms with E-state index in [0.717, 1.165) is 26.9 Å². The summed E-state index contributed by atoms with van der Waals surface area (Å²) >= 11 is 9.23. The third kappa shape index (κ3) is 3.18. The van der Waals surface area contributed by atoms with Gasteiger partial charge in [0, 0.05) is 15.7 Å². The summed E-state index contributed by atoms with van der Waals surface area (Å²) in [5, 5.41) is 2.62. The lowest BCUT2D eigenvalue weighted by atomic mass is 10.2. The Kier molecular flexibility index (Phi) is 5.06. The van der Waals surface area contributed by atoms with Crippen molar-refractivity contribution in [1.82, 2.24) is 4.98 Å². The first kappa shape index (κ1) is 12.5. The van der Waals surface area contributed by atoms with Gasteiger partial charge in [-0.25, -0.2) is 0 Å². The first-order valence-corrected chi connectivity index (χ1v) is 6.41. The molecule has 0 bridgehead atoms.